The van der Waals surface area contributed by atoms with Gasteiger partial charge in [0.15, 0.2) is 0 Å². The van der Waals surface area contributed by atoms with Crippen molar-refractivity contribution >= 4 is 0 Å². The molecule has 7 unspecified atom stereocenters. The average molecular weight is 567 g/mol. The summed E-state index contributed by atoms with van der Waals surface area (Å²) in [7, 11) is 0. The molecule has 4 aliphatic carbocycles. The lowest BCUT2D eigenvalue weighted by atomic mass is 9.66. The molecule has 0 aromatic heterocycles. The Hall–Kier alpha value is -0.210. The molecule has 0 spiro atoms. The molecule has 4 aliphatic rings. The molecule has 0 heterocycles. The first-order chi connectivity index (χ1) is 19.5. The van der Waals surface area contributed by atoms with Crippen molar-refractivity contribution in [1.82, 2.24) is 0 Å². The molecule has 0 aliphatic heterocycles. The molecule has 3 heteroatoms. The van der Waals surface area contributed by atoms with E-state index < -0.39 is 18.5 Å². The minimum absolute atomic E-state index is 0.0211. The molecule has 7 atom stereocenters. The van der Waals surface area contributed by atoms with E-state index >= 15 is 13.2 Å². The smallest absolute Gasteiger partial charge is 0.134 e. The lowest BCUT2D eigenvalue weighted by molar-refractivity contribution is -0.0157. The minimum atomic E-state index is -1.24. The zero-order valence-corrected chi connectivity index (χ0v) is 26.5. The van der Waals surface area contributed by atoms with Crippen LogP contribution in [0.4, 0.5) is 13.2 Å². The molecule has 0 amide bonds. The van der Waals surface area contributed by atoms with Crippen molar-refractivity contribution in [2.45, 2.75) is 186 Å². The topological polar surface area (TPSA) is 0 Å². The van der Waals surface area contributed by atoms with Gasteiger partial charge in [-0.3, -0.25) is 0 Å². The first-order valence-electron chi connectivity index (χ1n) is 18.4. The summed E-state index contributed by atoms with van der Waals surface area (Å²) in [6.07, 6.45) is 24.9. The first kappa shape index (κ1) is 32.7. The third-order valence-corrected chi connectivity index (χ3v) is 12.7. The van der Waals surface area contributed by atoms with Crippen molar-refractivity contribution in [3.05, 3.63) is 0 Å². The summed E-state index contributed by atoms with van der Waals surface area (Å²) in [6.45, 7) is 4.52. The van der Waals surface area contributed by atoms with Crippen LogP contribution in [0.15, 0.2) is 0 Å². The number of rotatable bonds is 12. The predicted octanol–water partition coefficient (Wildman–Crippen LogP) is 12.4. The summed E-state index contributed by atoms with van der Waals surface area (Å²) in [5.41, 5.74) is 0. The summed E-state index contributed by atoms with van der Waals surface area (Å²) >= 11 is 0. The van der Waals surface area contributed by atoms with Crippen molar-refractivity contribution in [1.29, 1.82) is 0 Å². The van der Waals surface area contributed by atoms with Gasteiger partial charge in [0.1, 0.15) is 18.5 Å². The van der Waals surface area contributed by atoms with E-state index in [-0.39, 0.29) is 11.8 Å². The van der Waals surface area contributed by atoms with E-state index in [9.17, 15) is 0 Å². The normalized spacial score (nSPS) is 41.8. The Labute approximate surface area is 246 Å². The van der Waals surface area contributed by atoms with E-state index in [1.165, 1.54) is 96.3 Å². The van der Waals surface area contributed by atoms with Crippen molar-refractivity contribution in [3.8, 4) is 0 Å². The molecule has 40 heavy (non-hydrogen) atoms. The molecule has 234 valence electrons. The molecule has 0 nitrogen and oxygen atoms in total. The summed E-state index contributed by atoms with van der Waals surface area (Å²) < 4.78 is 45.7. The SMILES string of the molecule is CCCCCCCC1CCC(C2CCCC(CCC3CCC(C4CCC(CC)CC4)C(F)C3F)CCC2)CC1F. The van der Waals surface area contributed by atoms with Gasteiger partial charge >= 0.3 is 0 Å². The lowest BCUT2D eigenvalue weighted by Crippen LogP contribution is -2.42. The Morgan fingerprint density at radius 3 is 1.85 bits per heavy atom. The fourth-order valence-electron chi connectivity index (χ4n) is 9.85. The van der Waals surface area contributed by atoms with Gasteiger partial charge in [0.2, 0.25) is 0 Å². The fourth-order valence-corrected chi connectivity index (χ4v) is 9.85. The monoisotopic (exact) mass is 567 g/mol. The van der Waals surface area contributed by atoms with Gasteiger partial charge < -0.3 is 0 Å². The molecule has 0 N–H and O–H groups in total. The van der Waals surface area contributed by atoms with E-state index in [0.717, 1.165) is 69.6 Å². The molecule has 0 aromatic rings. The Morgan fingerprint density at radius 2 is 1.18 bits per heavy atom. The lowest BCUT2D eigenvalue weighted by Gasteiger charge is -2.41. The van der Waals surface area contributed by atoms with Crippen LogP contribution in [0.25, 0.3) is 0 Å². The van der Waals surface area contributed by atoms with Crippen LogP contribution in [0, 0.1) is 47.3 Å². The van der Waals surface area contributed by atoms with Crippen molar-refractivity contribution < 1.29 is 13.2 Å². The maximum absolute atomic E-state index is 15.3. The maximum atomic E-state index is 15.3. The molecule has 0 saturated heterocycles. The van der Waals surface area contributed by atoms with Crippen LogP contribution in [-0.2, 0) is 0 Å². The van der Waals surface area contributed by atoms with Gasteiger partial charge in [-0.25, -0.2) is 13.2 Å². The van der Waals surface area contributed by atoms with Crippen molar-refractivity contribution in [2.24, 2.45) is 47.3 Å². The van der Waals surface area contributed by atoms with Crippen LogP contribution < -0.4 is 0 Å². The molecule has 0 bridgehead atoms. The van der Waals surface area contributed by atoms with Gasteiger partial charge in [0, 0.05) is 0 Å². The molecular formula is C37H65F3. The maximum Gasteiger partial charge on any atom is 0.134 e. The summed E-state index contributed by atoms with van der Waals surface area (Å²) in [5, 5.41) is 0. The van der Waals surface area contributed by atoms with Crippen LogP contribution in [0.5, 0.6) is 0 Å². The largest absolute Gasteiger partial charge is 0.247 e. The van der Waals surface area contributed by atoms with Crippen molar-refractivity contribution in [3.63, 3.8) is 0 Å². The van der Waals surface area contributed by atoms with E-state index in [1.807, 2.05) is 0 Å². The molecule has 0 aromatic carbocycles. The average Bonchev–Trinajstić information content (AvgIpc) is 2.95. The molecule has 4 fully saturated rings. The second kappa shape index (κ2) is 17.2. The minimum Gasteiger partial charge on any atom is -0.247 e. The highest BCUT2D eigenvalue weighted by molar-refractivity contribution is 4.93. The Bertz CT molecular complexity index is 662. The number of unbranched alkanes of at least 4 members (excludes halogenated alkanes) is 4. The summed E-state index contributed by atoms with van der Waals surface area (Å²) in [5.74, 6) is 3.49. The van der Waals surface area contributed by atoms with E-state index in [1.54, 1.807) is 0 Å². The number of hydrogen-bond donors (Lipinski definition) is 0. The van der Waals surface area contributed by atoms with Crippen LogP contribution in [-0.4, -0.2) is 18.5 Å². The van der Waals surface area contributed by atoms with Gasteiger partial charge in [0.25, 0.3) is 0 Å². The standard InChI is InChI=1S/C37H65F3/c1-3-5-6-7-8-13-31-22-23-33(26-35(31)38)29-14-9-11-28(12-10-15-29)18-21-32-24-25-34(37(40)36(32)39)30-19-16-27(4-2)17-20-30/h27-37H,3-26H2,1-2H3. The van der Waals surface area contributed by atoms with Gasteiger partial charge in [-0.15, -0.1) is 0 Å². The molecule has 0 radical (unpaired) electrons. The van der Waals surface area contributed by atoms with Gasteiger partial charge in [-0.1, -0.05) is 110 Å². The first-order valence-corrected chi connectivity index (χ1v) is 18.4. The zero-order chi connectivity index (χ0) is 28.3. The summed E-state index contributed by atoms with van der Waals surface area (Å²) in [4.78, 5) is 0. The van der Waals surface area contributed by atoms with Gasteiger partial charge in [-0.05, 0) is 105 Å². The van der Waals surface area contributed by atoms with Gasteiger partial charge in [0.05, 0.1) is 0 Å². The van der Waals surface area contributed by atoms with Crippen LogP contribution >= 0.6 is 0 Å². The molecular weight excluding hydrogens is 501 g/mol. The number of halogens is 3. The highest BCUT2D eigenvalue weighted by Gasteiger charge is 2.44. The van der Waals surface area contributed by atoms with Crippen LogP contribution in [0.1, 0.15) is 168 Å². The molecule has 4 rings (SSSR count). The van der Waals surface area contributed by atoms with E-state index in [0.29, 0.717) is 23.7 Å². The van der Waals surface area contributed by atoms with E-state index in [2.05, 4.69) is 13.8 Å². The third kappa shape index (κ3) is 9.39. The number of hydrogen-bond acceptors (Lipinski definition) is 0. The number of alkyl halides is 3. The highest BCUT2D eigenvalue weighted by Crippen LogP contribution is 2.46. The third-order valence-electron chi connectivity index (χ3n) is 12.7. The van der Waals surface area contributed by atoms with Gasteiger partial charge in [-0.2, -0.15) is 0 Å². The second-order valence-electron chi connectivity index (χ2n) is 15.2. The second-order valence-corrected chi connectivity index (χ2v) is 15.2. The van der Waals surface area contributed by atoms with E-state index in [4.69, 9.17) is 0 Å². The zero-order valence-electron chi connectivity index (χ0n) is 26.5. The van der Waals surface area contributed by atoms with Crippen LogP contribution in [0.3, 0.4) is 0 Å². The molecule has 4 saturated carbocycles. The Kier molecular flexibility index (Phi) is 14.0. The fraction of sp³-hybridized carbons (Fsp3) is 1.00. The van der Waals surface area contributed by atoms with Crippen molar-refractivity contribution in [2.75, 3.05) is 0 Å². The Morgan fingerprint density at radius 1 is 0.500 bits per heavy atom. The highest BCUT2D eigenvalue weighted by atomic mass is 19.2. The predicted molar refractivity (Wildman–Crippen MR) is 165 cm³/mol. The van der Waals surface area contributed by atoms with Crippen LogP contribution in [0.2, 0.25) is 0 Å². The summed E-state index contributed by atoms with van der Waals surface area (Å²) in [6, 6.07) is 0. The Balaban J connectivity index is 1.12. The quantitative estimate of drug-likeness (QED) is 0.206.